The maximum atomic E-state index is 14.4. The molecule has 0 aliphatic carbocycles. The molecule has 3 heteroatoms. The van der Waals surface area contributed by atoms with Crippen molar-refractivity contribution < 1.29 is 5.94 Å². The van der Waals surface area contributed by atoms with Crippen LogP contribution in [-0.4, -0.2) is 11.7 Å². The molecule has 0 spiro atoms. The fourth-order valence-electron chi connectivity index (χ4n) is 2.88. The monoisotopic (exact) mass is 336 g/mol. The smallest absolute Gasteiger partial charge is 0.207 e. The molecular weight excluding hydrogens is 313 g/mol. The van der Waals surface area contributed by atoms with E-state index in [1.807, 2.05) is 90.6 Å². The van der Waals surface area contributed by atoms with Gasteiger partial charge in [-0.25, -0.2) is 4.67 Å². The van der Waals surface area contributed by atoms with Gasteiger partial charge in [-0.1, -0.05) is 66.7 Å². The lowest BCUT2D eigenvalue weighted by atomic mass is 10.1. The molecule has 0 saturated heterocycles. The molecule has 3 rings (SSSR count). The van der Waals surface area contributed by atoms with Crippen LogP contribution in [-0.2, 0) is 4.57 Å². The van der Waals surface area contributed by atoms with E-state index in [2.05, 4.69) is 6.92 Å². The zero-order chi connectivity index (χ0) is 17.9. The molecule has 0 N–H and O–H groups in total. The highest BCUT2D eigenvalue weighted by Crippen LogP contribution is 2.50. The molecule has 0 saturated carbocycles. The summed E-state index contributed by atoms with van der Waals surface area (Å²) in [6.07, 6.45) is 0. The molecular formula is C21H22NOP. The predicted octanol–water partition coefficient (Wildman–Crippen LogP) is 4.61. The zero-order valence-electron chi connectivity index (χ0n) is 15.0. The van der Waals surface area contributed by atoms with Crippen LogP contribution in [0.1, 0.15) is 19.9 Å². The van der Waals surface area contributed by atoms with Crippen molar-refractivity contribution in [3.63, 3.8) is 0 Å². The second kappa shape index (κ2) is 7.17. The Morgan fingerprint density at radius 1 is 0.833 bits per heavy atom. The molecule has 122 valence electrons. The van der Waals surface area contributed by atoms with Gasteiger partial charge in [0.2, 0.25) is 7.29 Å². The summed E-state index contributed by atoms with van der Waals surface area (Å²) < 4.78 is 24.6. The summed E-state index contributed by atoms with van der Waals surface area (Å²) in [7, 11) is -1.24. The molecule has 3 aromatic rings. The SMILES string of the molecule is [2H]c1ccccc1P(=O)(c1ccccc1)N(C)[C@H](C)c1ccccc1. The van der Waals surface area contributed by atoms with Gasteiger partial charge in [0.15, 0.2) is 0 Å². The van der Waals surface area contributed by atoms with Gasteiger partial charge in [-0.2, -0.15) is 0 Å². The van der Waals surface area contributed by atoms with Crippen LogP contribution in [0.4, 0.5) is 0 Å². The molecule has 2 nitrogen and oxygen atoms in total. The van der Waals surface area contributed by atoms with E-state index in [-0.39, 0.29) is 6.04 Å². The van der Waals surface area contributed by atoms with Crippen LogP contribution in [0.2, 0.25) is 0 Å². The van der Waals surface area contributed by atoms with Crippen molar-refractivity contribution in [1.82, 2.24) is 4.67 Å². The predicted molar refractivity (Wildman–Crippen MR) is 102 cm³/mol. The van der Waals surface area contributed by atoms with E-state index in [9.17, 15) is 4.57 Å². The van der Waals surface area contributed by atoms with Crippen molar-refractivity contribution >= 4 is 17.9 Å². The van der Waals surface area contributed by atoms with Gasteiger partial charge in [-0.05, 0) is 43.8 Å². The minimum atomic E-state index is -3.13. The Kier molecular flexibility index (Phi) is 4.60. The van der Waals surface area contributed by atoms with Gasteiger partial charge >= 0.3 is 0 Å². The standard InChI is InChI=1S/C21H22NOP/c1-18(19-12-6-3-7-13-19)22(2)24(23,20-14-8-4-9-15-20)21-16-10-5-11-17-21/h3-18H,1-2H3/t18-/m1/s1/i14D/t18-,24?. The van der Waals surface area contributed by atoms with Gasteiger partial charge < -0.3 is 0 Å². The van der Waals surface area contributed by atoms with Gasteiger partial charge in [-0.3, -0.25) is 4.57 Å². The Labute approximate surface area is 145 Å². The first-order chi connectivity index (χ1) is 12.0. The van der Waals surface area contributed by atoms with Crippen molar-refractivity contribution in [2.45, 2.75) is 13.0 Å². The van der Waals surface area contributed by atoms with E-state index in [1.54, 1.807) is 6.07 Å². The Balaban J connectivity index is 2.16. The maximum absolute atomic E-state index is 14.4. The molecule has 2 atom stereocenters. The Morgan fingerprint density at radius 2 is 1.33 bits per heavy atom. The normalized spacial score (nSPS) is 15.5. The number of hydrogen-bond acceptors (Lipinski definition) is 1. The summed E-state index contributed by atoms with van der Waals surface area (Å²) in [6.45, 7) is 2.05. The van der Waals surface area contributed by atoms with Crippen molar-refractivity contribution in [2.24, 2.45) is 0 Å². The first-order valence-electron chi connectivity index (χ1n) is 8.55. The first-order valence-corrected chi connectivity index (χ1v) is 9.71. The highest BCUT2D eigenvalue weighted by molar-refractivity contribution is 7.76. The zero-order valence-corrected chi connectivity index (χ0v) is 14.9. The van der Waals surface area contributed by atoms with Gasteiger partial charge in [0.25, 0.3) is 0 Å². The third kappa shape index (κ3) is 3.08. The van der Waals surface area contributed by atoms with Crippen molar-refractivity contribution in [3.8, 4) is 0 Å². The summed E-state index contributed by atoms with van der Waals surface area (Å²) in [5.74, 6) is 0. The van der Waals surface area contributed by atoms with E-state index in [0.29, 0.717) is 11.3 Å². The van der Waals surface area contributed by atoms with Crippen LogP contribution in [0.15, 0.2) is 91.0 Å². The van der Waals surface area contributed by atoms with Crippen molar-refractivity contribution in [3.05, 3.63) is 96.5 Å². The Bertz CT molecular complexity index is 883. The Morgan fingerprint density at radius 3 is 1.92 bits per heavy atom. The third-order valence-corrected chi connectivity index (χ3v) is 7.58. The number of rotatable bonds is 5. The largest absolute Gasteiger partial charge is 0.296 e. The summed E-state index contributed by atoms with van der Waals surface area (Å²) in [5, 5.41) is 1.33. The second-order valence-electron chi connectivity index (χ2n) is 5.82. The molecule has 0 fully saturated rings. The molecule has 0 amide bonds. The van der Waals surface area contributed by atoms with Crippen molar-refractivity contribution in [2.75, 3.05) is 7.05 Å². The fourth-order valence-corrected chi connectivity index (χ4v) is 5.60. The first kappa shape index (κ1) is 15.4. The van der Waals surface area contributed by atoms with Crippen LogP contribution in [0.5, 0.6) is 0 Å². The van der Waals surface area contributed by atoms with Crippen LogP contribution < -0.4 is 10.6 Å². The molecule has 0 bridgehead atoms. The lowest BCUT2D eigenvalue weighted by Gasteiger charge is -2.34. The minimum absolute atomic E-state index is 0.0492. The highest BCUT2D eigenvalue weighted by atomic mass is 31.2. The van der Waals surface area contributed by atoms with E-state index in [4.69, 9.17) is 1.37 Å². The Hall–Kier alpha value is -2.15. The van der Waals surface area contributed by atoms with E-state index in [1.165, 1.54) is 0 Å². The van der Waals surface area contributed by atoms with Crippen LogP contribution in [0, 0.1) is 0 Å². The molecule has 1 unspecified atom stereocenters. The second-order valence-corrected chi connectivity index (χ2v) is 8.60. The van der Waals surface area contributed by atoms with Crippen LogP contribution in [0.25, 0.3) is 0 Å². The van der Waals surface area contributed by atoms with E-state index < -0.39 is 7.29 Å². The number of hydrogen-bond donors (Lipinski definition) is 0. The molecule has 0 aliphatic heterocycles. The minimum Gasteiger partial charge on any atom is -0.296 e. The lowest BCUT2D eigenvalue weighted by Crippen LogP contribution is -2.31. The van der Waals surface area contributed by atoms with Gasteiger partial charge in [0.05, 0.1) is 1.37 Å². The molecule has 3 aromatic carbocycles. The molecule has 0 aliphatic rings. The number of benzene rings is 3. The quantitative estimate of drug-likeness (QED) is 0.634. The number of nitrogens with zero attached hydrogens (tertiary/aromatic N) is 1. The topological polar surface area (TPSA) is 20.3 Å². The molecule has 0 aromatic heterocycles. The summed E-state index contributed by atoms with van der Waals surface area (Å²) in [6, 6.07) is 27.0. The fraction of sp³-hybridized carbons (Fsp3) is 0.143. The lowest BCUT2D eigenvalue weighted by molar-refractivity contribution is 0.408. The molecule has 24 heavy (non-hydrogen) atoms. The van der Waals surface area contributed by atoms with Gasteiger partial charge in [0.1, 0.15) is 0 Å². The van der Waals surface area contributed by atoms with Crippen molar-refractivity contribution in [1.29, 1.82) is 0 Å². The molecule has 0 heterocycles. The van der Waals surface area contributed by atoms with Gasteiger partial charge in [0, 0.05) is 16.7 Å². The third-order valence-electron chi connectivity index (χ3n) is 4.41. The summed E-state index contributed by atoms with van der Waals surface area (Å²) >= 11 is 0. The van der Waals surface area contributed by atoms with Crippen LogP contribution in [0.3, 0.4) is 0 Å². The average Bonchev–Trinajstić information content (AvgIpc) is 2.68. The summed E-state index contributed by atoms with van der Waals surface area (Å²) in [4.78, 5) is 0. The highest BCUT2D eigenvalue weighted by Gasteiger charge is 2.35. The van der Waals surface area contributed by atoms with Gasteiger partial charge in [-0.15, -0.1) is 0 Å². The molecule has 0 radical (unpaired) electrons. The van der Waals surface area contributed by atoms with E-state index in [0.717, 1.165) is 10.9 Å². The maximum Gasteiger partial charge on any atom is 0.207 e. The summed E-state index contributed by atoms with van der Waals surface area (Å²) in [5.41, 5.74) is 1.10. The van der Waals surface area contributed by atoms with Crippen LogP contribution >= 0.6 is 7.29 Å². The van der Waals surface area contributed by atoms with E-state index >= 15 is 0 Å². The average molecular weight is 336 g/mol.